The third-order valence-electron chi connectivity index (χ3n) is 1.33. The van der Waals surface area contributed by atoms with E-state index in [4.69, 9.17) is 23.2 Å². The van der Waals surface area contributed by atoms with E-state index in [0.29, 0.717) is 10.6 Å². The molecule has 0 saturated heterocycles. The van der Waals surface area contributed by atoms with Crippen LogP contribution in [0.15, 0.2) is 29.3 Å². The van der Waals surface area contributed by atoms with Gasteiger partial charge in [-0.15, -0.1) is 0 Å². The lowest BCUT2D eigenvalue weighted by molar-refractivity contribution is 0.562. The van der Waals surface area contributed by atoms with Gasteiger partial charge in [0.2, 0.25) is 6.08 Å². The highest BCUT2D eigenvalue weighted by atomic mass is 35.5. The summed E-state index contributed by atoms with van der Waals surface area (Å²) in [5, 5.41) is 0.497. The van der Waals surface area contributed by atoms with Crippen LogP contribution >= 0.6 is 23.2 Å². The number of alkyl halides is 1. The molecule has 0 aliphatic heterocycles. The molecule has 0 N–H and O–H groups in total. The van der Waals surface area contributed by atoms with E-state index in [1.807, 2.05) is 0 Å². The zero-order valence-electron chi connectivity index (χ0n) is 6.00. The highest BCUT2D eigenvalue weighted by Crippen LogP contribution is 2.27. The maximum Gasteiger partial charge on any atom is 0.236 e. The van der Waals surface area contributed by atoms with Gasteiger partial charge in [0.15, 0.2) is 5.50 Å². The highest BCUT2D eigenvalue weighted by molar-refractivity contribution is 6.32. The summed E-state index contributed by atoms with van der Waals surface area (Å²) in [7, 11) is 0. The molecule has 4 heteroatoms. The van der Waals surface area contributed by atoms with Crippen molar-refractivity contribution in [1.82, 2.24) is 0 Å². The molecule has 0 aliphatic carbocycles. The van der Waals surface area contributed by atoms with Gasteiger partial charge in [-0.25, -0.2) is 4.79 Å². The van der Waals surface area contributed by atoms with Crippen molar-refractivity contribution in [3.63, 3.8) is 0 Å². The molecule has 0 spiro atoms. The Morgan fingerprint density at radius 2 is 2.08 bits per heavy atom. The number of nitrogens with zero attached hydrogens (tertiary/aromatic N) is 1. The van der Waals surface area contributed by atoms with E-state index in [9.17, 15) is 4.79 Å². The molecule has 1 unspecified atom stereocenters. The molecule has 0 bridgehead atoms. The number of carbonyl (C=O) groups excluding carboxylic acids is 1. The number of hydrogen-bond donors (Lipinski definition) is 0. The molecule has 0 amide bonds. The number of isocyanates is 1. The van der Waals surface area contributed by atoms with Gasteiger partial charge in [-0.2, -0.15) is 4.99 Å². The van der Waals surface area contributed by atoms with Crippen LogP contribution in [0.3, 0.4) is 0 Å². The van der Waals surface area contributed by atoms with Crippen LogP contribution in [0.2, 0.25) is 5.02 Å². The summed E-state index contributed by atoms with van der Waals surface area (Å²) in [5.41, 5.74) is -0.125. The highest BCUT2D eigenvalue weighted by Gasteiger charge is 2.08. The second-order valence-corrected chi connectivity index (χ2v) is 2.90. The first kappa shape index (κ1) is 9.27. The first-order valence-corrected chi connectivity index (χ1v) is 4.02. The first-order valence-electron chi connectivity index (χ1n) is 3.21. The number of hydrogen-bond acceptors (Lipinski definition) is 2. The molecule has 2 nitrogen and oxygen atoms in total. The predicted molar refractivity (Wildman–Crippen MR) is 48.2 cm³/mol. The summed E-state index contributed by atoms with van der Waals surface area (Å²) >= 11 is 11.5. The third-order valence-corrected chi connectivity index (χ3v) is 2.00. The molecule has 12 heavy (non-hydrogen) atoms. The van der Waals surface area contributed by atoms with Gasteiger partial charge < -0.3 is 0 Å². The molecule has 1 aromatic carbocycles. The summed E-state index contributed by atoms with van der Waals surface area (Å²) in [4.78, 5) is 13.2. The van der Waals surface area contributed by atoms with Gasteiger partial charge in [-0.1, -0.05) is 41.4 Å². The zero-order chi connectivity index (χ0) is 8.97. The van der Waals surface area contributed by atoms with Crippen molar-refractivity contribution in [2.24, 2.45) is 4.99 Å². The predicted octanol–water partition coefficient (Wildman–Crippen LogP) is 2.91. The minimum absolute atomic E-state index is 0.497. The van der Waals surface area contributed by atoms with Gasteiger partial charge in [-0.3, -0.25) is 0 Å². The number of halogens is 2. The van der Waals surface area contributed by atoms with Crippen molar-refractivity contribution in [1.29, 1.82) is 0 Å². The van der Waals surface area contributed by atoms with Crippen molar-refractivity contribution < 1.29 is 4.79 Å². The van der Waals surface area contributed by atoms with Crippen LogP contribution in [-0.4, -0.2) is 6.08 Å². The normalized spacial score (nSPS) is 11.8. The molecule has 0 aliphatic rings. The molecule has 62 valence electrons. The Hall–Kier alpha value is -0.820. The lowest BCUT2D eigenvalue weighted by atomic mass is 10.2. The minimum atomic E-state index is -0.740. The Kier molecular flexibility index (Phi) is 3.30. The summed E-state index contributed by atoms with van der Waals surface area (Å²) in [6.45, 7) is 0. The van der Waals surface area contributed by atoms with E-state index in [1.54, 1.807) is 24.3 Å². The molecule has 1 atom stereocenters. The van der Waals surface area contributed by atoms with Gasteiger partial charge in [0.1, 0.15) is 0 Å². The van der Waals surface area contributed by atoms with Gasteiger partial charge in [0.25, 0.3) is 0 Å². The summed E-state index contributed by atoms with van der Waals surface area (Å²) in [6, 6.07) is 6.95. The van der Waals surface area contributed by atoms with E-state index in [1.165, 1.54) is 6.08 Å². The maximum absolute atomic E-state index is 9.88. The van der Waals surface area contributed by atoms with Crippen LogP contribution in [0.1, 0.15) is 11.1 Å². The Bertz CT molecular complexity index is 321. The average Bonchev–Trinajstić information content (AvgIpc) is 2.05. The summed E-state index contributed by atoms with van der Waals surface area (Å²) in [5.74, 6) is 0. The molecule has 0 radical (unpaired) electrons. The van der Waals surface area contributed by atoms with Crippen molar-refractivity contribution in [3.05, 3.63) is 34.9 Å². The van der Waals surface area contributed by atoms with E-state index >= 15 is 0 Å². The third kappa shape index (κ3) is 2.08. The zero-order valence-corrected chi connectivity index (χ0v) is 7.51. The van der Waals surface area contributed by atoms with E-state index < -0.39 is 5.50 Å². The van der Waals surface area contributed by atoms with Gasteiger partial charge in [0, 0.05) is 10.6 Å². The lowest BCUT2D eigenvalue weighted by Crippen LogP contribution is -1.86. The number of aliphatic imine (C=N–C) groups is 1. The van der Waals surface area contributed by atoms with Crippen LogP contribution in [0, 0.1) is 0 Å². The second kappa shape index (κ2) is 4.27. The van der Waals surface area contributed by atoms with Crippen LogP contribution < -0.4 is 0 Å². The smallest absolute Gasteiger partial charge is 0.211 e. The van der Waals surface area contributed by atoms with Crippen LogP contribution in [0.5, 0.6) is 0 Å². The van der Waals surface area contributed by atoms with Crippen molar-refractivity contribution >= 4 is 29.3 Å². The lowest BCUT2D eigenvalue weighted by Gasteiger charge is -2.03. The fourth-order valence-corrected chi connectivity index (χ4v) is 1.31. The van der Waals surface area contributed by atoms with Gasteiger partial charge in [0.05, 0.1) is 0 Å². The largest absolute Gasteiger partial charge is 0.236 e. The topological polar surface area (TPSA) is 29.4 Å². The Morgan fingerprint density at radius 1 is 1.42 bits per heavy atom. The molecular formula is C8H5Cl2NO. The van der Waals surface area contributed by atoms with E-state index in [0.717, 1.165) is 0 Å². The molecule has 0 aromatic heterocycles. The second-order valence-electron chi connectivity index (χ2n) is 2.08. The molecule has 0 fully saturated rings. The first-order chi connectivity index (χ1) is 5.75. The quantitative estimate of drug-likeness (QED) is 0.313. The van der Waals surface area contributed by atoms with Crippen molar-refractivity contribution in [2.45, 2.75) is 5.50 Å². The minimum Gasteiger partial charge on any atom is -0.211 e. The average molecular weight is 202 g/mol. The van der Waals surface area contributed by atoms with E-state index in [2.05, 4.69) is 4.99 Å². The van der Waals surface area contributed by atoms with Crippen molar-refractivity contribution in [2.75, 3.05) is 0 Å². The van der Waals surface area contributed by atoms with Crippen molar-refractivity contribution in [3.8, 4) is 0 Å². The molecular weight excluding hydrogens is 197 g/mol. The Morgan fingerprint density at radius 3 is 2.67 bits per heavy atom. The Labute approximate surface area is 79.8 Å². The number of benzene rings is 1. The molecule has 0 heterocycles. The standard InChI is InChI=1S/C8H5Cl2NO/c9-7-4-2-1-3-6(7)8(10)11-5-12/h1-4,8H. The SMILES string of the molecule is O=C=NC(Cl)c1ccccc1Cl. The van der Waals surface area contributed by atoms with Gasteiger partial charge >= 0.3 is 0 Å². The summed E-state index contributed by atoms with van der Waals surface area (Å²) in [6.07, 6.45) is 1.38. The van der Waals surface area contributed by atoms with Gasteiger partial charge in [-0.05, 0) is 6.07 Å². The number of rotatable bonds is 2. The van der Waals surface area contributed by atoms with E-state index in [-0.39, 0.29) is 0 Å². The maximum atomic E-state index is 9.88. The monoisotopic (exact) mass is 201 g/mol. The molecule has 1 aromatic rings. The fourth-order valence-electron chi connectivity index (χ4n) is 0.784. The Balaban J connectivity index is 3.02. The van der Waals surface area contributed by atoms with Crippen LogP contribution in [0.25, 0.3) is 0 Å². The van der Waals surface area contributed by atoms with Crippen LogP contribution in [0.4, 0.5) is 0 Å². The summed E-state index contributed by atoms with van der Waals surface area (Å²) < 4.78 is 0. The molecule has 1 rings (SSSR count). The molecule has 0 saturated carbocycles. The fraction of sp³-hybridized carbons (Fsp3) is 0.125. The van der Waals surface area contributed by atoms with Crippen LogP contribution in [-0.2, 0) is 4.79 Å².